The normalized spacial score (nSPS) is 20.5. The number of amides is 1. The van der Waals surface area contributed by atoms with Gasteiger partial charge < -0.3 is 10.6 Å². The van der Waals surface area contributed by atoms with Crippen molar-refractivity contribution in [2.75, 3.05) is 13.6 Å². The number of hydrogen-bond donors (Lipinski definition) is 1. The van der Waals surface area contributed by atoms with Crippen molar-refractivity contribution < 1.29 is 4.79 Å². The lowest BCUT2D eigenvalue weighted by Gasteiger charge is -2.27. The average molecular weight is 198 g/mol. The molecule has 1 aliphatic carbocycles. The molecule has 1 amide bonds. The van der Waals surface area contributed by atoms with E-state index in [0.717, 1.165) is 6.54 Å². The lowest BCUT2D eigenvalue weighted by Crippen LogP contribution is -2.42. The quantitative estimate of drug-likeness (QED) is 0.744. The molecule has 0 spiro atoms. The number of carbonyl (C=O) groups is 1. The molecule has 0 aromatic heterocycles. The molecule has 3 nitrogen and oxygen atoms in total. The molecule has 0 heterocycles. The van der Waals surface area contributed by atoms with E-state index in [9.17, 15) is 4.79 Å². The highest BCUT2D eigenvalue weighted by Crippen LogP contribution is 2.24. The molecule has 1 rings (SSSR count). The standard InChI is InChI=1S/C11H22N2O/c1-9(12)11(14)13(2)8-10-6-4-3-5-7-10/h9-10H,3-8,12H2,1-2H3. The van der Waals surface area contributed by atoms with Gasteiger partial charge in [-0.05, 0) is 25.7 Å². The lowest BCUT2D eigenvalue weighted by atomic mass is 9.89. The summed E-state index contributed by atoms with van der Waals surface area (Å²) in [5.41, 5.74) is 5.55. The Hall–Kier alpha value is -0.570. The summed E-state index contributed by atoms with van der Waals surface area (Å²) in [5.74, 6) is 0.770. The molecule has 0 bridgehead atoms. The van der Waals surface area contributed by atoms with E-state index in [1.165, 1.54) is 32.1 Å². The molecule has 0 saturated heterocycles. The van der Waals surface area contributed by atoms with Gasteiger partial charge in [-0.15, -0.1) is 0 Å². The Labute approximate surface area is 86.6 Å². The second-order valence-electron chi connectivity index (χ2n) is 4.51. The number of rotatable bonds is 3. The third-order valence-corrected chi connectivity index (χ3v) is 3.02. The first-order chi connectivity index (χ1) is 6.61. The van der Waals surface area contributed by atoms with Gasteiger partial charge >= 0.3 is 0 Å². The summed E-state index contributed by atoms with van der Waals surface area (Å²) in [6, 6.07) is -0.358. The molecule has 1 atom stereocenters. The van der Waals surface area contributed by atoms with E-state index >= 15 is 0 Å². The zero-order valence-corrected chi connectivity index (χ0v) is 9.33. The third-order valence-electron chi connectivity index (χ3n) is 3.02. The molecule has 1 fully saturated rings. The first kappa shape index (κ1) is 11.5. The number of likely N-dealkylation sites (N-methyl/N-ethyl adjacent to an activating group) is 1. The minimum Gasteiger partial charge on any atom is -0.344 e. The zero-order valence-electron chi connectivity index (χ0n) is 9.33. The molecular formula is C11H22N2O. The van der Waals surface area contributed by atoms with E-state index in [2.05, 4.69) is 0 Å². The highest BCUT2D eigenvalue weighted by Gasteiger charge is 2.19. The molecule has 1 aliphatic rings. The number of hydrogen-bond acceptors (Lipinski definition) is 2. The fourth-order valence-electron chi connectivity index (χ4n) is 2.19. The topological polar surface area (TPSA) is 46.3 Å². The van der Waals surface area contributed by atoms with Crippen LogP contribution >= 0.6 is 0 Å². The van der Waals surface area contributed by atoms with E-state index in [4.69, 9.17) is 5.73 Å². The van der Waals surface area contributed by atoms with Gasteiger partial charge in [0.15, 0.2) is 0 Å². The summed E-state index contributed by atoms with van der Waals surface area (Å²) in [7, 11) is 1.86. The van der Waals surface area contributed by atoms with Gasteiger partial charge in [0.05, 0.1) is 6.04 Å². The number of nitrogens with zero attached hydrogens (tertiary/aromatic N) is 1. The van der Waals surface area contributed by atoms with Crippen LogP contribution in [0.3, 0.4) is 0 Å². The van der Waals surface area contributed by atoms with Gasteiger partial charge in [0, 0.05) is 13.6 Å². The van der Waals surface area contributed by atoms with Crippen LogP contribution in [0.5, 0.6) is 0 Å². The molecular weight excluding hydrogens is 176 g/mol. The smallest absolute Gasteiger partial charge is 0.238 e. The highest BCUT2D eigenvalue weighted by atomic mass is 16.2. The molecule has 0 radical (unpaired) electrons. The predicted octanol–water partition coefficient (Wildman–Crippen LogP) is 1.37. The summed E-state index contributed by atoms with van der Waals surface area (Å²) < 4.78 is 0. The molecule has 0 aromatic carbocycles. The van der Waals surface area contributed by atoms with Crippen molar-refractivity contribution in [3.63, 3.8) is 0 Å². The second kappa shape index (κ2) is 5.35. The summed E-state index contributed by atoms with van der Waals surface area (Å²) in [5, 5.41) is 0. The number of nitrogens with two attached hydrogens (primary N) is 1. The van der Waals surface area contributed by atoms with Crippen LogP contribution in [-0.4, -0.2) is 30.4 Å². The summed E-state index contributed by atoms with van der Waals surface area (Å²) >= 11 is 0. The monoisotopic (exact) mass is 198 g/mol. The van der Waals surface area contributed by atoms with E-state index in [1.54, 1.807) is 11.8 Å². The molecule has 0 aliphatic heterocycles. The Bertz CT molecular complexity index is 186. The molecule has 82 valence electrons. The zero-order chi connectivity index (χ0) is 10.6. The fraction of sp³-hybridized carbons (Fsp3) is 0.909. The first-order valence-electron chi connectivity index (χ1n) is 5.62. The fourth-order valence-corrected chi connectivity index (χ4v) is 2.19. The Balaban J connectivity index is 2.31. The minimum absolute atomic E-state index is 0.0653. The van der Waals surface area contributed by atoms with Crippen LogP contribution < -0.4 is 5.73 Å². The highest BCUT2D eigenvalue weighted by molar-refractivity contribution is 5.80. The largest absolute Gasteiger partial charge is 0.344 e. The van der Waals surface area contributed by atoms with E-state index < -0.39 is 0 Å². The van der Waals surface area contributed by atoms with Gasteiger partial charge in [-0.1, -0.05) is 19.3 Å². The van der Waals surface area contributed by atoms with Gasteiger partial charge in [0.1, 0.15) is 0 Å². The Morgan fingerprint density at radius 2 is 2.00 bits per heavy atom. The number of carbonyl (C=O) groups excluding carboxylic acids is 1. The maximum Gasteiger partial charge on any atom is 0.238 e. The van der Waals surface area contributed by atoms with E-state index in [0.29, 0.717) is 5.92 Å². The van der Waals surface area contributed by atoms with Gasteiger partial charge in [0.2, 0.25) is 5.91 Å². The molecule has 2 N–H and O–H groups in total. The average Bonchev–Trinajstić information content (AvgIpc) is 2.18. The predicted molar refractivity (Wildman–Crippen MR) is 57.9 cm³/mol. The summed E-state index contributed by atoms with van der Waals surface area (Å²) in [6.07, 6.45) is 6.56. The third kappa shape index (κ3) is 3.29. The van der Waals surface area contributed by atoms with Gasteiger partial charge in [-0.25, -0.2) is 0 Å². The van der Waals surface area contributed by atoms with Crippen LogP contribution in [0.25, 0.3) is 0 Å². The van der Waals surface area contributed by atoms with Crippen molar-refractivity contribution >= 4 is 5.91 Å². The van der Waals surface area contributed by atoms with Crippen molar-refractivity contribution in [1.29, 1.82) is 0 Å². The van der Waals surface area contributed by atoms with E-state index in [1.807, 2.05) is 7.05 Å². The maximum atomic E-state index is 11.5. The SMILES string of the molecule is CC(N)C(=O)N(C)CC1CCCCC1. The first-order valence-corrected chi connectivity index (χ1v) is 5.62. The van der Waals surface area contributed by atoms with Crippen LogP contribution in [0, 0.1) is 5.92 Å². The summed E-state index contributed by atoms with van der Waals surface area (Å²) in [6.45, 7) is 2.64. The lowest BCUT2D eigenvalue weighted by molar-refractivity contribution is -0.131. The van der Waals surface area contributed by atoms with Crippen molar-refractivity contribution in [3.8, 4) is 0 Å². The van der Waals surface area contributed by atoms with Crippen molar-refractivity contribution in [3.05, 3.63) is 0 Å². The van der Waals surface area contributed by atoms with Gasteiger partial charge in [-0.3, -0.25) is 4.79 Å². The Morgan fingerprint density at radius 1 is 1.43 bits per heavy atom. The molecule has 0 aromatic rings. The van der Waals surface area contributed by atoms with Crippen LogP contribution in [0.15, 0.2) is 0 Å². The van der Waals surface area contributed by atoms with Gasteiger partial charge in [0.25, 0.3) is 0 Å². The molecule has 1 unspecified atom stereocenters. The Morgan fingerprint density at radius 3 is 2.50 bits per heavy atom. The van der Waals surface area contributed by atoms with Gasteiger partial charge in [-0.2, -0.15) is 0 Å². The second-order valence-corrected chi connectivity index (χ2v) is 4.51. The van der Waals surface area contributed by atoms with Crippen molar-refractivity contribution in [1.82, 2.24) is 4.90 Å². The van der Waals surface area contributed by atoms with Crippen LogP contribution in [0.1, 0.15) is 39.0 Å². The molecule has 14 heavy (non-hydrogen) atoms. The van der Waals surface area contributed by atoms with Crippen LogP contribution in [0.2, 0.25) is 0 Å². The Kier molecular flexibility index (Phi) is 4.39. The molecule has 1 saturated carbocycles. The van der Waals surface area contributed by atoms with Crippen molar-refractivity contribution in [2.45, 2.75) is 45.1 Å². The van der Waals surface area contributed by atoms with E-state index in [-0.39, 0.29) is 11.9 Å². The van der Waals surface area contributed by atoms with Crippen LogP contribution in [-0.2, 0) is 4.79 Å². The van der Waals surface area contributed by atoms with Crippen LogP contribution in [0.4, 0.5) is 0 Å². The summed E-state index contributed by atoms with van der Waals surface area (Å²) in [4.78, 5) is 13.3. The van der Waals surface area contributed by atoms with Crippen molar-refractivity contribution in [2.24, 2.45) is 11.7 Å². The maximum absolute atomic E-state index is 11.5. The minimum atomic E-state index is -0.358. The molecule has 3 heteroatoms.